The molecule has 3 rings (SSSR count). The summed E-state index contributed by atoms with van der Waals surface area (Å²) in [5, 5.41) is 1.44. The van der Waals surface area contributed by atoms with Gasteiger partial charge in [0.25, 0.3) is 5.91 Å². The molecule has 1 aromatic carbocycles. The molecule has 0 aliphatic heterocycles. The standard InChI is InChI=1S/C16H15ClN2OS/c1-21-16-12(15(18)20)6-7-14(19-16)11-5-3-9-2-4-10(17)8-13(9)11/h2,4,6-8,11H,3,5H2,1H3,(H2,18,20)/t11-/m1/s1. The third-order valence-electron chi connectivity index (χ3n) is 3.88. The summed E-state index contributed by atoms with van der Waals surface area (Å²) in [6.45, 7) is 0. The number of thioether (sulfide) groups is 1. The number of aromatic nitrogens is 1. The number of fused-ring (bicyclic) bond motifs is 1. The summed E-state index contributed by atoms with van der Waals surface area (Å²) in [6.07, 6.45) is 3.95. The average molecular weight is 319 g/mol. The predicted octanol–water partition coefficient (Wildman–Crippen LogP) is 3.63. The van der Waals surface area contributed by atoms with Crippen LogP contribution in [0.4, 0.5) is 0 Å². The Balaban J connectivity index is 2.03. The lowest BCUT2D eigenvalue weighted by atomic mass is 9.97. The number of nitrogens with zero attached hydrogens (tertiary/aromatic N) is 1. The van der Waals surface area contributed by atoms with Crippen LogP contribution in [0.25, 0.3) is 0 Å². The van der Waals surface area contributed by atoms with Crippen molar-refractivity contribution in [2.45, 2.75) is 23.8 Å². The molecule has 0 fully saturated rings. The predicted molar refractivity (Wildman–Crippen MR) is 86.2 cm³/mol. The number of aryl methyl sites for hydroxylation is 1. The maximum atomic E-state index is 11.4. The normalized spacial score (nSPS) is 16.8. The molecule has 1 aliphatic carbocycles. The fourth-order valence-corrected chi connectivity index (χ4v) is 3.64. The SMILES string of the molecule is CSc1nc([C@@H]2CCc3ccc(Cl)cc32)ccc1C(N)=O. The lowest BCUT2D eigenvalue weighted by Crippen LogP contribution is -2.14. The molecule has 0 spiro atoms. The highest BCUT2D eigenvalue weighted by Gasteiger charge is 2.26. The molecule has 0 bridgehead atoms. The summed E-state index contributed by atoms with van der Waals surface area (Å²) >= 11 is 7.56. The Kier molecular flexibility index (Phi) is 3.91. The van der Waals surface area contributed by atoms with Crippen molar-refractivity contribution < 1.29 is 4.79 Å². The van der Waals surface area contributed by atoms with Crippen LogP contribution in [-0.4, -0.2) is 17.1 Å². The zero-order valence-electron chi connectivity index (χ0n) is 11.6. The van der Waals surface area contributed by atoms with Gasteiger partial charge in [-0.15, -0.1) is 11.8 Å². The Hall–Kier alpha value is -1.52. The van der Waals surface area contributed by atoms with Gasteiger partial charge < -0.3 is 5.73 Å². The molecule has 1 aliphatic rings. The van der Waals surface area contributed by atoms with Crippen LogP contribution in [0.1, 0.15) is 39.5 Å². The van der Waals surface area contributed by atoms with E-state index in [0.29, 0.717) is 10.6 Å². The Morgan fingerprint density at radius 1 is 1.38 bits per heavy atom. The smallest absolute Gasteiger partial charge is 0.251 e. The van der Waals surface area contributed by atoms with E-state index in [9.17, 15) is 4.79 Å². The number of hydrogen-bond acceptors (Lipinski definition) is 3. The van der Waals surface area contributed by atoms with Gasteiger partial charge >= 0.3 is 0 Å². The van der Waals surface area contributed by atoms with E-state index in [2.05, 4.69) is 11.1 Å². The molecule has 0 unspecified atom stereocenters. The van der Waals surface area contributed by atoms with Gasteiger partial charge in [-0.2, -0.15) is 0 Å². The van der Waals surface area contributed by atoms with Gasteiger partial charge in [-0.05, 0) is 54.5 Å². The lowest BCUT2D eigenvalue weighted by Gasteiger charge is -2.13. The molecule has 1 amide bonds. The zero-order chi connectivity index (χ0) is 15.0. The third-order valence-corrected chi connectivity index (χ3v) is 4.82. The first-order valence-electron chi connectivity index (χ1n) is 6.73. The van der Waals surface area contributed by atoms with E-state index in [-0.39, 0.29) is 5.92 Å². The Morgan fingerprint density at radius 3 is 2.90 bits per heavy atom. The first kappa shape index (κ1) is 14.4. The van der Waals surface area contributed by atoms with Gasteiger partial charge in [-0.3, -0.25) is 4.79 Å². The van der Waals surface area contributed by atoms with E-state index in [4.69, 9.17) is 17.3 Å². The third kappa shape index (κ3) is 2.65. The van der Waals surface area contributed by atoms with Crippen molar-refractivity contribution >= 4 is 29.3 Å². The number of primary amides is 1. The monoisotopic (exact) mass is 318 g/mol. The van der Waals surface area contributed by atoms with E-state index in [1.807, 2.05) is 24.5 Å². The highest BCUT2D eigenvalue weighted by atomic mass is 35.5. The van der Waals surface area contributed by atoms with E-state index in [1.54, 1.807) is 6.07 Å². The van der Waals surface area contributed by atoms with Gasteiger partial charge in [-0.1, -0.05) is 17.7 Å². The molecule has 3 nitrogen and oxygen atoms in total. The molecule has 2 N–H and O–H groups in total. The van der Waals surface area contributed by atoms with Crippen LogP contribution in [0, 0.1) is 0 Å². The van der Waals surface area contributed by atoms with Crippen molar-refractivity contribution in [3.63, 3.8) is 0 Å². The molecule has 1 atom stereocenters. The number of hydrogen-bond donors (Lipinski definition) is 1. The topological polar surface area (TPSA) is 56.0 Å². The molecule has 5 heteroatoms. The molecule has 1 aromatic heterocycles. The summed E-state index contributed by atoms with van der Waals surface area (Å²) in [5.41, 5.74) is 9.41. The molecule has 1 heterocycles. The minimum absolute atomic E-state index is 0.242. The maximum absolute atomic E-state index is 11.4. The molecule has 0 radical (unpaired) electrons. The second-order valence-electron chi connectivity index (χ2n) is 5.09. The van der Waals surface area contributed by atoms with E-state index >= 15 is 0 Å². The molecular formula is C16H15ClN2OS. The quantitative estimate of drug-likeness (QED) is 0.879. The van der Waals surface area contributed by atoms with Crippen molar-refractivity contribution in [2.24, 2.45) is 5.73 Å². The fraction of sp³-hybridized carbons (Fsp3) is 0.250. The van der Waals surface area contributed by atoms with Crippen LogP contribution >= 0.6 is 23.4 Å². The van der Waals surface area contributed by atoms with Gasteiger partial charge in [0.15, 0.2) is 0 Å². The molecule has 21 heavy (non-hydrogen) atoms. The second-order valence-corrected chi connectivity index (χ2v) is 6.32. The van der Waals surface area contributed by atoms with Gasteiger partial charge in [-0.25, -0.2) is 4.98 Å². The number of benzene rings is 1. The summed E-state index contributed by atoms with van der Waals surface area (Å²) in [7, 11) is 0. The summed E-state index contributed by atoms with van der Waals surface area (Å²) in [4.78, 5) is 16.0. The number of pyridine rings is 1. The number of amides is 1. The van der Waals surface area contributed by atoms with Crippen molar-refractivity contribution in [2.75, 3.05) is 6.26 Å². The fourth-order valence-electron chi connectivity index (χ4n) is 2.87. The van der Waals surface area contributed by atoms with Gasteiger partial charge in [0.1, 0.15) is 5.03 Å². The van der Waals surface area contributed by atoms with Crippen LogP contribution in [0.5, 0.6) is 0 Å². The van der Waals surface area contributed by atoms with Gasteiger partial charge in [0.2, 0.25) is 0 Å². The first-order chi connectivity index (χ1) is 10.1. The molecule has 108 valence electrons. The lowest BCUT2D eigenvalue weighted by molar-refractivity contribution is 0.0997. The minimum Gasteiger partial charge on any atom is -0.366 e. The first-order valence-corrected chi connectivity index (χ1v) is 8.33. The van der Waals surface area contributed by atoms with Crippen LogP contribution in [0.2, 0.25) is 5.02 Å². The Labute approximate surface area is 132 Å². The second kappa shape index (κ2) is 5.70. The van der Waals surface area contributed by atoms with Crippen molar-refractivity contribution in [1.82, 2.24) is 4.98 Å². The van der Waals surface area contributed by atoms with Crippen molar-refractivity contribution in [1.29, 1.82) is 0 Å². The van der Waals surface area contributed by atoms with Crippen LogP contribution < -0.4 is 5.73 Å². The maximum Gasteiger partial charge on any atom is 0.251 e. The Bertz CT molecular complexity index is 717. The van der Waals surface area contributed by atoms with E-state index in [1.165, 1.54) is 22.9 Å². The summed E-state index contributed by atoms with van der Waals surface area (Å²) in [5.74, 6) is -0.195. The van der Waals surface area contributed by atoms with Crippen molar-refractivity contribution in [3.05, 3.63) is 57.7 Å². The minimum atomic E-state index is -0.437. The summed E-state index contributed by atoms with van der Waals surface area (Å²) < 4.78 is 0. The van der Waals surface area contributed by atoms with Crippen LogP contribution in [0.15, 0.2) is 35.4 Å². The average Bonchev–Trinajstić information content (AvgIpc) is 2.89. The largest absolute Gasteiger partial charge is 0.366 e. The summed E-state index contributed by atoms with van der Waals surface area (Å²) in [6, 6.07) is 9.72. The van der Waals surface area contributed by atoms with E-state index < -0.39 is 5.91 Å². The van der Waals surface area contributed by atoms with Gasteiger partial charge in [0.05, 0.1) is 5.56 Å². The number of nitrogens with two attached hydrogens (primary N) is 1. The van der Waals surface area contributed by atoms with Gasteiger partial charge in [0, 0.05) is 16.6 Å². The van der Waals surface area contributed by atoms with E-state index in [0.717, 1.165) is 23.6 Å². The highest BCUT2D eigenvalue weighted by Crippen LogP contribution is 2.39. The highest BCUT2D eigenvalue weighted by molar-refractivity contribution is 7.98. The van der Waals surface area contributed by atoms with Crippen LogP contribution in [0.3, 0.4) is 0 Å². The molecule has 0 saturated carbocycles. The number of rotatable bonds is 3. The van der Waals surface area contributed by atoms with Crippen molar-refractivity contribution in [3.8, 4) is 0 Å². The number of halogens is 1. The molecule has 0 saturated heterocycles. The Morgan fingerprint density at radius 2 is 2.19 bits per heavy atom. The number of carbonyl (C=O) groups excluding carboxylic acids is 1. The molecular weight excluding hydrogens is 304 g/mol. The zero-order valence-corrected chi connectivity index (χ0v) is 13.2. The number of carbonyl (C=O) groups is 1. The van der Waals surface area contributed by atoms with Crippen LogP contribution in [-0.2, 0) is 6.42 Å². The molecule has 2 aromatic rings.